The predicted molar refractivity (Wildman–Crippen MR) is 101 cm³/mol. The fourth-order valence-corrected chi connectivity index (χ4v) is 2.56. The molecule has 0 aromatic heterocycles. The summed E-state index contributed by atoms with van der Waals surface area (Å²) in [6, 6.07) is 2.88. The monoisotopic (exact) mass is 421 g/mol. The maximum atomic E-state index is 12.7. The van der Waals surface area contributed by atoms with Crippen LogP contribution in [0.4, 0.5) is 8.78 Å². The van der Waals surface area contributed by atoms with Crippen molar-refractivity contribution in [1.29, 1.82) is 0 Å². The second-order valence-electron chi connectivity index (χ2n) is 6.77. The lowest BCUT2D eigenvalue weighted by molar-refractivity contribution is -0.0505. The molecule has 0 aliphatic carbocycles. The van der Waals surface area contributed by atoms with Crippen molar-refractivity contribution >= 4 is 15.8 Å². The highest BCUT2D eigenvalue weighted by Crippen LogP contribution is 2.39. The van der Waals surface area contributed by atoms with Crippen LogP contribution in [0.1, 0.15) is 26.3 Å². The van der Waals surface area contributed by atoms with Crippen LogP contribution in [0.3, 0.4) is 0 Å². The number of aliphatic imine (C=N–C) groups is 1. The molecule has 0 spiro atoms. The van der Waals surface area contributed by atoms with E-state index < -0.39 is 21.2 Å². The predicted octanol–water partition coefficient (Wildman–Crippen LogP) is 1.90. The number of benzene rings is 1. The van der Waals surface area contributed by atoms with Crippen LogP contribution >= 0.6 is 0 Å². The summed E-state index contributed by atoms with van der Waals surface area (Å²) in [6.45, 7) is 2.73. The van der Waals surface area contributed by atoms with Gasteiger partial charge in [-0.1, -0.05) is 0 Å². The van der Waals surface area contributed by atoms with Crippen molar-refractivity contribution in [2.45, 2.75) is 38.7 Å². The minimum absolute atomic E-state index is 0.000936. The van der Waals surface area contributed by atoms with Crippen LogP contribution in [0, 0.1) is 0 Å². The van der Waals surface area contributed by atoms with E-state index in [4.69, 9.17) is 9.47 Å². The number of nitrogens with zero attached hydrogens (tertiary/aromatic N) is 1. The number of halogens is 2. The average molecular weight is 421 g/mol. The highest BCUT2D eigenvalue weighted by atomic mass is 32.2. The molecule has 1 aromatic rings. The first-order valence-electron chi connectivity index (χ1n) is 8.62. The molecule has 0 saturated heterocycles. The zero-order valence-corrected chi connectivity index (χ0v) is 17.0. The summed E-state index contributed by atoms with van der Waals surface area (Å²) in [5.74, 6) is 1.03. The molecular formula is C17H25F2N3O5S. The summed E-state index contributed by atoms with van der Waals surface area (Å²) in [6.07, 6.45) is 1.17. The molecule has 158 valence electrons. The minimum Gasteiger partial charge on any atom is -0.454 e. The van der Waals surface area contributed by atoms with E-state index in [9.17, 15) is 17.2 Å². The average Bonchev–Trinajstić information content (AvgIpc) is 3.02. The summed E-state index contributed by atoms with van der Waals surface area (Å²) in [7, 11) is -3.29. The van der Waals surface area contributed by atoms with Gasteiger partial charge in [-0.25, -0.2) is 13.4 Å². The van der Waals surface area contributed by atoms with E-state index in [0.717, 1.165) is 0 Å². The first-order valence-corrected chi connectivity index (χ1v) is 10.5. The number of sulfone groups is 1. The number of nitrogens with one attached hydrogen (secondary N) is 2. The molecule has 11 heteroatoms. The normalized spacial score (nSPS) is 14.3. The molecule has 0 unspecified atom stereocenters. The Morgan fingerprint density at radius 3 is 2.50 bits per heavy atom. The highest BCUT2D eigenvalue weighted by Gasteiger charge is 2.30. The smallest absolute Gasteiger partial charge is 0.387 e. The number of hydrogen-bond donors (Lipinski definition) is 2. The van der Waals surface area contributed by atoms with Gasteiger partial charge in [0.05, 0.1) is 11.3 Å². The second kappa shape index (κ2) is 8.80. The maximum absolute atomic E-state index is 12.7. The van der Waals surface area contributed by atoms with Crippen LogP contribution < -0.4 is 24.8 Å². The van der Waals surface area contributed by atoms with Gasteiger partial charge < -0.3 is 24.8 Å². The van der Waals surface area contributed by atoms with Crippen LogP contribution in [0.15, 0.2) is 17.1 Å². The number of rotatable bonds is 8. The van der Waals surface area contributed by atoms with E-state index in [0.29, 0.717) is 29.6 Å². The van der Waals surface area contributed by atoms with Gasteiger partial charge in [0.2, 0.25) is 6.79 Å². The first kappa shape index (κ1) is 22.0. The Morgan fingerprint density at radius 1 is 1.29 bits per heavy atom. The van der Waals surface area contributed by atoms with E-state index in [2.05, 4.69) is 20.4 Å². The fraction of sp³-hybridized carbons (Fsp3) is 0.588. The molecule has 0 bridgehead atoms. The Hall–Kier alpha value is -2.30. The molecule has 8 nitrogen and oxygen atoms in total. The van der Waals surface area contributed by atoms with Crippen LogP contribution in [-0.2, 0) is 16.4 Å². The van der Waals surface area contributed by atoms with Gasteiger partial charge in [-0.2, -0.15) is 8.78 Å². The third-order valence-corrected chi connectivity index (χ3v) is 6.36. The van der Waals surface area contributed by atoms with Crippen molar-refractivity contribution in [1.82, 2.24) is 10.6 Å². The molecule has 28 heavy (non-hydrogen) atoms. The van der Waals surface area contributed by atoms with Gasteiger partial charge in [0, 0.05) is 31.0 Å². The van der Waals surface area contributed by atoms with E-state index in [1.807, 2.05) is 6.92 Å². The Morgan fingerprint density at radius 2 is 1.93 bits per heavy atom. The van der Waals surface area contributed by atoms with Gasteiger partial charge in [0.15, 0.2) is 27.3 Å². The zero-order chi connectivity index (χ0) is 20.9. The van der Waals surface area contributed by atoms with Gasteiger partial charge in [-0.05, 0) is 26.8 Å². The third kappa shape index (κ3) is 5.60. The lowest BCUT2D eigenvalue weighted by Gasteiger charge is -2.24. The Kier molecular flexibility index (Phi) is 6.91. The molecule has 1 aliphatic heterocycles. The van der Waals surface area contributed by atoms with Crippen LogP contribution in [0.5, 0.6) is 17.2 Å². The molecule has 1 heterocycles. The summed E-state index contributed by atoms with van der Waals surface area (Å²) in [5, 5.41) is 5.95. The van der Waals surface area contributed by atoms with Crippen LogP contribution in [-0.4, -0.2) is 51.9 Å². The van der Waals surface area contributed by atoms with Crippen LogP contribution in [0.2, 0.25) is 0 Å². The highest BCUT2D eigenvalue weighted by molar-refractivity contribution is 7.92. The number of hydrogen-bond acceptors (Lipinski definition) is 6. The Labute approximate surface area is 163 Å². The summed E-state index contributed by atoms with van der Waals surface area (Å²) >= 11 is 0. The number of ether oxygens (including phenoxy) is 3. The zero-order valence-electron chi connectivity index (χ0n) is 16.2. The molecule has 0 radical (unpaired) electrons. The van der Waals surface area contributed by atoms with E-state index in [-0.39, 0.29) is 25.6 Å². The molecule has 1 aromatic carbocycles. The fourth-order valence-electron chi connectivity index (χ4n) is 2.23. The molecular weight excluding hydrogens is 396 g/mol. The van der Waals surface area contributed by atoms with Crippen molar-refractivity contribution < 1.29 is 31.4 Å². The third-order valence-electron chi connectivity index (χ3n) is 4.21. The van der Waals surface area contributed by atoms with Crippen molar-refractivity contribution in [3.8, 4) is 17.2 Å². The van der Waals surface area contributed by atoms with E-state index >= 15 is 0 Å². The van der Waals surface area contributed by atoms with Crippen molar-refractivity contribution in [3.05, 3.63) is 17.7 Å². The minimum atomic E-state index is -3.29. The second-order valence-corrected chi connectivity index (χ2v) is 9.42. The summed E-state index contributed by atoms with van der Waals surface area (Å²) in [4.78, 5) is 4.34. The molecule has 2 N–H and O–H groups in total. The Bertz CT molecular complexity index is 828. The lowest BCUT2D eigenvalue weighted by Crippen LogP contribution is -2.47. The van der Waals surface area contributed by atoms with Crippen molar-refractivity contribution in [2.75, 3.05) is 26.1 Å². The SMILES string of the molecule is CCNC(=NCc1cc2c(cc1OC(F)F)OCO2)NCC(C)(C)S(C)(=O)=O. The van der Waals surface area contributed by atoms with Gasteiger partial charge in [0.1, 0.15) is 5.75 Å². The topological polar surface area (TPSA) is 98.2 Å². The molecule has 1 aliphatic rings. The standard InChI is InChI=1S/C17H25F2N3O5S/c1-5-20-16(22-9-17(2,3)28(4,23)24)21-8-11-6-13-14(26-10-25-13)7-12(11)27-15(18)19/h6-7,15H,5,8-10H2,1-4H3,(H2,20,21,22). The number of alkyl halides is 2. The van der Waals surface area contributed by atoms with Crippen LogP contribution in [0.25, 0.3) is 0 Å². The lowest BCUT2D eigenvalue weighted by atomic mass is 10.1. The summed E-state index contributed by atoms with van der Waals surface area (Å²) < 4.78 is 63.1. The molecule has 0 saturated carbocycles. The summed E-state index contributed by atoms with van der Waals surface area (Å²) in [5.41, 5.74) is 0.379. The number of fused-ring (bicyclic) bond motifs is 1. The number of guanidine groups is 1. The largest absolute Gasteiger partial charge is 0.454 e. The van der Waals surface area contributed by atoms with Crippen molar-refractivity contribution in [3.63, 3.8) is 0 Å². The van der Waals surface area contributed by atoms with Gasteiger partial charge in [-0.3, -0.25) is 0 Å². The molecule has 0 amide bonds. The molecule has 0 fully saturated rings. The van der Waals surface area contributed by atoms with Gasteiger partial charge in [0.25, 0.3) is 0 Å². The first-order chi connectivity index (χ1) is 13.0. The maximum Gasteiger partial charge on any atom is 0.387 e. The van der Waals surface area contributed by atoms with E-state index in [1.165, 1.54) is 18.4 Å². The Balaban J connectivity index is 2.20. The van der Waals surface area contributed by atoms with Gasteiger partial charge >= 0.3 is 6.61 Å². The quantitative estimate of drug-likeness (QED) is 0.489. The van der Waals surface area contributed by atoms with E-state index in [1.54, 1.807) is 13.8 Å². The molecule has 0 atom stereocenters. The molecule has 2 rings (SSSR count). The van der Waals surface area contributed by atoms with Gasteiger partial charge in [-0.15, -0.1) is 0 Å². The van der Waals surface area contributed by atoms with Crippen molar-refractivity contribution in [2.24, 2.45) is 4.99 Å².